The summed E-state index contributed by atoms with van der Waals surface area (Å²) in [5, 5.41) is 6.35. The monoisotopic (exact) mass is 358 g/mol. The molecule has 2 N–H and O–H groups in total. The van der Waals surface area contributed by atoms with E-state index in [0.717, 1.165) is 35.6 Å². The first-order valence-corrected chi connectivity index (χ1v) is 9.24. The van der Waals surface area contributed by atoms with Crippen molar-refractivity contribution in [2.75, 3.05) is 10.6 Å². The maximum Gasteiger partial charge on any atom is 0.227 e. The fraction of sp³-hybridized carbons (Fsp3) is 0.227. The van der Waals surface area contributed by atoms with E-state index >= 15 is 0 Å². The standard InChI is InChI=1S/C22H22N4O/c1-15(16-5-3-2-4-6-16)24-21-14-23-13-20(26-21)17-9-11-19(12-10-17)25-22(27)18-7-8-18/h2-6,9-15,18H,7-8H2,1H3,(H,24,26)(H,25,27)/t15-/m0/s1. The number of carbonyl (C=O) groups excluding carboxylic acids is 1. The molecule has 136 valence electrons. The number of hydrogen-bond donors (Lipinski definition) is 2. The molecule has 2 aromatic carbocycles. The lowest BCUT2D eigenvalue weighted by Gasteiger charge is -2.15. The molecule has 0 bridgehead atoms. The number of hydrogen-bond acceptors (Lipinski definition) is 4. The summed E-state index contributed by atoms with van der Waals surface area (Å²) in [5.74, 6) is 1.04. The summed E-state index contributed by atoms with van der Waals surface area (Å²) in [6.07, 6.45) is 5.48. The van der Waals surface area contributed by atoms with Gasteiger partial charge in [-0.3, -0.25) is 9.78 Å². The van der Waals surface area contributed by atoms with E-state index in [1.807, 2.05) is 42.5 Å². The minimum Gasteiger partial charge on any atom is -0.362 e. The highest BCUT2D eigenvalue weighted by Gasteiger charge is 2.29. The zero-order valence-corrected chi connectivity index (χ0v) is 15.2. The molecule has 3 aromatic rings. The lowest BCUT2D eigenvalue weighted by molar-refractivity contribution is -0.117. The van der Waals surface area contributed by atoms with E-state index in [1.54, 1.807) is 12.4 Å². The van der Waals surface area contributed by atoms with Crippen LogP contribution in [0.3, 0.4) is 0 Å². The molecule has 0 spiro atoms. The Hall–Kier alpha value is -3.21. The van der Waals surface area contributed by atoms with Crippen molar-refractivity contribution in [2.24, 2.45) is 5.92 Å². The van der Waals surface area contributed by atoms with Crippen molar-refractivity contribution in [3.8, 4) is 11.3 Å². The molecule has 0 radical (unpaired) electrons. The van der Waals surface area contributed by atoms with E-state index in [4.69, 9.17) is 0 Å². The Bertz CT molecular complexity index is 921. The van der Waals surface area contributed by atoms with Crippen LogP contribution in [0.25, 0.3) is 11.3 Å². The first-order valence-electron chi connectivity index (χ1n) is 9.24. The van der Waals surface area contributed by atoms with Crippen molar-refractivity contribution in [1.82, 2.24) is 9.97 Å². The smallest absolute Gasteiger partial charge is 0.227 e. The largest absolute Gasteiger partial charge is 0.362 e. The highest BCUT2D eigenvalue weighted by Crippen LogP contribution is 2.30. The van der Waals surface area contributed by atoms with Crippen LogP contribution >= 0.6 is 0 Å². The number of aromatic nitrogens is 2. The van der Waals surface area contributed by atoms with Gasteiger partial charge in [0.05, 0.1) is 18.1 Å². The summed E-state index contributed by atoms with van der Waals surface area (Å²) in [6, 6.07) is 18.1. The van der Waals surface area contributed by atoms with Crippen LogP contribution in [0.15, 0.2) is 67.0 Å². The van der Waals surface area contributed by atoms with Gasteiger partial charge in [-0.2, -0.15) is 0 Å². The molecule has 1 saturated carbocycles. The molecule has 0 unspecified atom stereocenters. The molecule has 1 fully saturated rings. The molecule has 27 heavy (non-hydrogen) atoms. The maximum absolute atomic E-state index is 11.9. The minimum absolute atomic E-state index is 0.114. The fourth-order valence-corrected chi connectivity index (χ4v) is 2.94. The van der Waals surface area contributed by atoms with Gasteiger partial charge in [0, 0.05) is 23.2 Å². The predicted molar refractivity (Wildman–Crippen MR) is 107 cm³/mol. The van der Waals surface area contributed by atoms with Crippen LogP contribution < -0.4 is 10.6 Å². The van der Waals surface area contributed by atoms with Crippen molar-refractivity contribution in [3.63, 3.8) is 0 Å². The van der Waals surface area contributed by atoms with Gasteiger partial charge in [0.2, 0.25) is 5.91 Å². The average molecular weight is 358 g/mol. The highest BCUT2D eigenvalue weighted by molar-refractivity contribution is 5.94. The van der Waals surface area contributed by atoms with E-state index in [9.17, 15) is 4.79 Å². The molecule has 5 nitrogen and oxygen atoms in total. The third kappa shape index (κ3) is 4.31. The SMILES string of the molecule is C[C@H](Nc1cncc(-c2ccc(NC(=O)C3CC3)cc2)n1)c1ccccc1. The second-order valence-corrected chi connectivity index (χ2v) is 6.91. The van der Waals surface area contributed by atoms with Gasteiger partial charge < -0.3 is 10.6 Å². The Kier molecular flexibility index (Phi) is 4.83. The van der Waals surface area contributed by atoms with Crippen LogP contribution in [0.2, 0.25) is 0 Å². The zero-order chi connectivity index (χ0) is 18.6. The molecule has 1 aromatic heterocycles. The second-order valence-electron chi connectivity index (χ2n) is 6.91. The summed E-state index contributed by atoms with van der Waals surface area (Å²) in [7, 11) is 0. The van der Waals surface area contributed by atoms with Gasteiger partial charge in [-0.1, -0.05) is 42.5 Å². The number of nitrogens with one attached hydrogen (secondary N) is 2. The van der Waals surface area contributed by atoms with Crippen molar-refractivity contribution < 1.29 is 4.79 Å². The Morgan fingerprint density at radius 3 is 2.48 bits per heavy atom. The van der Waals surface area contributed by atoms with Crippen LogP contribution in [0.1, 0.15) is 31.4 Å². The van der Waals surface area contributed by atoms with E-state index in [1.165, 1.54) is 5.56 Å². The average Bonchev–Trinajstić information content (AvgIpc) is 3.55. The molecule has 1 heterocycles. The van der Waals surface area contributed by atoms with Crippen molar-refractivity contribution in [2.45, 2.75) is 25.8 Å². The minimum atomic E-state index is 0.114. The first kappa shape index (κ1) is 17.2. The maximum atomic E-state index is 11.9. The molecule has 5 heteroatoms. The Morgan fingerprint density at radius 2 is 1.78 bits per heavy atom. The number of nitrogens with zero attached hydrogens (tertiary/aromatic N) is 2. The van der Waals surface area contributed by atoms with Gasteiger partial charge in [0.1, 0.15) is 5.82 Å². The summed E-state index contributed by atoms with van der Waals surface area (Å²) < 4.78 is 0. The van der Waals surface area contributed by atoms with Crippen LogP contribution in [0.4, 0.5) is 11.5 Å². The molecule has 0 aliphatic heterocycles. The number of amides is 1. The van der Waals surface area contributed by atoms with Crippen molar-refractivity contribution in [1.29, 1.82) is 0 Å². The molecular formula is C22H22N4O. The van der Waals surface area contributed by atoms with E-state index in [2.05, 4.69) is 39.7 Å². The van der Waals surface area contributed by atoms with Crippen molar-refractivity contribution in [3.05, 3.63) is 72.6 Å². The first-order chi connectivity index (χ1) is 13.2. The number of anilines is 2. The van der Waals surface area contributed by atoms with Crippen LogP contribution in [0, 0.1) is 5.92 Å². The molecule has 4 rings (SSSR count). The second kappa shape index (κ2) is 7.58. The van der Waals surface area contributed by atoms with Gasteiger partial charge in [-0.25, -0.2) is 4.98 Å². The third-order valence-corrected chi connectivity index (χ3v) is 4.69. The van der Waals surface area contributed by atoms with E-state index < -0.39 is 0 Å². The van der Waals surface area contributed by atoms with Crippen LogP contribution in [-0.2, 0) is 4.79 Å². The Labute approximate surface area is 158 Å². The third-order valence-electron chi connectivity index (χ3n) is 4.69. The van der Waals surface area contributed by atoms with E-state index in [0.29, 0.717) is 0 Å². The van der Waals surface area contributed by atoms with Gasteiger partial charge in [-0.05, 0) is 37.5 Å². The fourth-order valence-electron chi connectivity index (χ4n) is 2.94. The zero-order valence-electron chi connectivity index (χ0n) is 15.2. The van der Waals surface area contributed by atoms with Gasteiger partial charge in [0.25, 0.3) is 0 Å². The Balaban J connectivity index is 1.46. The molecule has 1 amide bonds. The molecule has 0 saturated heterocycles. The van der Waals surface area contributed by atoms with Gasteiger partial charge in [0.15, 0.2) is 0 Å². The highest BCUT2D eigenvalue weighted by atomic mass is 16.2. The number of rotatable bonds is 6. The normalized spacial score (nSPS) is 14.4. The van der Waals surface area contributed by atoms with Gasteiger partial charge >= 0.3 is 0 Å². The van der Waals surface area contributed by atoms with Crippen molar-refractivity contribution >= 4 is 17.4 Å². The summed E-state index contributed by atoms with van der Waals surface area (Å²) >= 11 is 0. The lowest BCUT2D eigenvalue weighted by atomic mass is 10.1. The van der Waals surface area contributed by atoms with E-state index in [-0.39, 0.29) is 17.9 Å². The lowest BCUT2D eigenvalue weighted by Crippen LogP contribution is -2.13. The Morgan fingerprint density at radius 1 is 1.04 bits per heavy atom. The topological polar surface area (TPSA) is 66.9 Å². The van der Waals surface area contributed by atoms with Crippen LogP contribution in [0.5, 0.6) is 0 Å². The summed E-state index contributed by atoms with van der Waals surface area (Å²) in [6.45, 7) is 2.10. The molecular weight excluding hydrogens is 336 g/mol. The van der Waals surface area contributed by atoms with Crippen LogP contribution in [-0.4, -0.2) is 15.9 Å². The summed E-state index contributed by atoms with van der Waals surface area (Å²) in [5.41, 5.74) is 3.76. The quantitative estimate of drug-likeness (QED) is 0.672. The molecule has 1 aliphatic carbocycles. The summed E-state index contributed by atoms with van der Waals surface area (Å²) in [4.78, 5) is 20.8. The molecule has 1 atom stereocenters. The molecule has 1 aliphatic rings. The van der Waals surface area contributed by atoms with Gasteiger partial charge in [-0.15, -0.1) is 0 Å². The number of benzene rings is 2. The number of carbonyl (C=O) groups is 1. The predicted octanol–water partition coefficient (Wildman–Crippen LogP) is 4.67.